The molecule has 0 unspecified atom stereocenters. The first kappa shape index (κ1) is 21.0. The molecule has 0 spiro atoms. The normalized spacial score (nSPS) is 17.5. The molecule has 0 radical (unpaired) electrons. The van der Waals surface area contributed by atoms with Crippen LogP contribution in [0.5, 0.6) is 0 Å². The molecule has 0 aromatic carbocycles. The molecule has 1 saturated carbocycles. The van der Waals surface area contributed by atoms with E-state index in [0.717, 1.165) is 54.1 Å². The Kier molecular flexibility index (Phi) is 5.54. The average molecular weight is 482 g/mol. The summed E-state index contributed by atoms with van der Waals surface area (Å²) in [6.07, 6.45) is 9.41. The number of thiazole rings is 1. The van der Waals surface area contributed by atoms with Gasteiger partial charge in [-0.15, -0.1) is 22.7 Å². The number of aromatic nitrogens is 3. The number of nitrogens with one attached hydrogen (secondary N) is 1. The highest BCUT2D eigenvalue weighted by atomic mass is 32.1. The lowest BCUT2D eigenvalue weighted by Gasteiger charge is -2.28. The summed E-state index contributed by atoms with van der Waals surface area (Å²) in [7, 11) is 0. The minimum absolute atomic E-state index is 0.101. The fourth-order valence-electron chi connectivity index (χ4n) is 4.97. The van der Waals surface area contributed by atoms with Crippen LogP contribution in [0.4, 0.5) is 0 Å². The molecule has 0 bridgehead atoms. The second kappa shape index (κ2) is 8.68. The van der Waals surface area contributed by atoms with Gasteiger partial charge in [-0.1, -0.05) is 0 Å². The Bertz CT molecular complexity index is 1190. The van der Waals surface area contributed by atoms with Gasteiger partial charge in [0.2, 0.25) is 0 Å². The highest BCUT2D eigenvalue weighted by Gasteiger charge is 2.33. The van der Waals surface area contributed by atoms with Crippen molar-refractivity contribution in [2.24, 2.45) is 5.92 Å². The number of fused-ring (bicyclic) bond motifs is 2. The lowest BCUT2D eigenvalue weighted by molar-refractivity contribution is 0.0729. The van der Waals surface area contributed by atoms with E-state index in [-0.39, 0.29) is 11.8 Å². The van der Waals surface area contributed by atoms with Crippen molar-refractivity contribution in [1.29, 1.82) is 0 Å². The monoisotopic (exact) mass is 481 g/mol. The zero-order valence-corrected chi connectivity index (χ0v) is 20.1. The van der Waals surface area contributed by atoms with Crippen LogP contribution in [0, 0.1) is 5.92 Å². The molecule has 1 fully saturated rings. The Morgan fingerprint density at radius 2 is 2.00 bits per heavy atom. The summed E-state index contributed by atoms with van der Waals surface area (Å²) in [5, 5.41) is 12.5. The van der Waals surface area contributed by atoms with E-state index in [1.165, 1.54) is 41.0 Å². The summed E-state index contributed by atoms with van der Waals surface area (Å²) in [6, 6.07) is 0. The molecule has 6 rings (SSSR count). The molecule has 2 amide bonds. The maximum Gasteiger partial charge on any atom is 0.272 e. The molecule has 7 nitrogen and oxygen atoms in total. The van der Waals surface area contributed by atoms with Gasteiger partial charge in [-0.05, 0) is 50.0 Å². The molecule has 1 N–H and O–H groups in total. The van der Waals surface area contributed by atoms with Gasteiger partial charge < -0.3 is 10.2 Å². The van der Waals surface area contributed by atoms with E-state index in [2.05, 4.69) is 10.3 Å². The van der Waals surface area contributed by atoms with Crippen molar-refractivity contribution in [1.82, 2.24) is 25.0 Å². The predicted molar refractivity (Wildman–Crippen MR) is 128 cm³/mol. The topological polar surface area (TPSA) is 80.1 Å². The Hall–Kier alpha value is -2.52. The molecular formula is C24H27N5O2S2. The zero-order chi connectivity index (χ0) is 22.4. The number of thiophene rings is 1. The third-order valence-electron chi connectivity index (χ3n) is 6.94. The van der Waals surface area contributed by atoms with E-state index in [1.807, 2.05) is 20.3 Å². The minimum Gasteiger partial charge on any atom is -0.344 e. The van der Waals surface area contributed by atoms with E-state index in [0.29, 0.717) is 31.2 Å². The van der Waals surface area contributed by atoms with Crippen LogP contribution in [0.1, 0.15) is 73.2 Å². The molecule has 1 aliphatic heterocycles. The summed E-state index contributed by atoms with van der Waals surface area (Å²) in [5.41, 5.74) is 4.63. The van der Waals surface area contributed by atoms with Crippen molar-refractivity contribution in [3.8, 4) is 0 Å². The van der Waals surface area contributed by atoms with Crippen LogP contribution in [0.2, 0.25) is 0 Å². The molecular weight excluding hydrogens is 454 g/mol. The summed E-state index contributed by atoms with van der Waals surface area (Å²) in [5.74, 6) is 0.583. The van der Waals surface area contributed by atoms with Crippen molar-refractivity contribution < 1.29 is 9.59 Å². The van der Waals surface area contributed by atoms with Crippen LogP contribution in [0.15, 0.2) is 17.0 Å². The number of nitrogens with zero attached hydrogens (tertiary/aromatic N) is 4. The number of carbonyl (C=O) groups is 2. The maximum atomic E-state index is 13.5. The number of carbonyl (C=O) groups excluding carboxylic acids is 2. The van der Waals surface area contributed by atoms with Crippen molar-refractivity contribution in [2.45, 2.75) is 64.6 Å². The molecule has 9 heteroatoms. The van der Waals surface area contributed by atoms with E-state index in [9.17, 15) is 9.59 Å². The first-order valence-corrected chi connectivity index (χ1v) is 13.6. The maximum absolute atomic E-state index is 13.5. The van der Waals surface area contributed by atoms with Crippen LogP contribution >= 0.6 is 22.7 Å². The largest absolute Gasteiger partial charge is 0.344 e. The van der Waals surface area contributed by atoms with E-state index < -0.39 is 0 Å². The van der Waals surface area contributed by atoms with Crippen LogP contribution < -0.4 is 5.32 Å². The van der Waals surface area contributed by atoms with E-state index in [1.54, 1.807) is 17.5 Å². The predicted octanol–water partition coefficient (Wildman–Crippen LogP) is 3.82. The Morgan fingerprint density at radius 3 is 2.82 bits per heavy atom. The molecule has 3 aliphatic rings. The SMILES string of the molecule is O=C(NCc1nccs1)c1nn(CC2CC2)c2c1CN(C(=O)c1csc3c1CCCC3)CC2. The van der Waals surface area contributed by atoms with Crippen LogP contribution in [-0.4, -0.2) is 38.0 Å². The quantitative estimate of drug-likeness (QED) is 0.581. The van der Waals surface area contributed by atoms with Gasteiger partial charge in [-0.3, -0.25) is 14.3 Å². The second-order valence-electron chi connectivity index (χ2n) is 9.24. The Labute approximate surface area is 200 Å². The van der Waals surface area contributed by atoms with Gasteiger partial charge >= 0.3 is 0 Å². The van der Waals surface area contributed by atoms with Gasteiger partial charge in [0.15, 0.2) is 5.69 Å². The molecule has 0 saturated heterocycles. The highest BCUT2D eigenvalue weighted by Crippen LogP contribution is 2.34. The first-order chi connectivity index (χ1) is 16.2. The molecule has 172 valence electrons. The van der Waals surface area contributed by atoms with Gasteiger partial charge in [0, 0.05) is 52.6 Å². The summed E-state index contributed by atoms with van der Waals surface area (Å²) in [4.78, 5) is 34.1. The molecule has 33 heavy (non-hydrogen) atoms. The summed E-state index contributed by atoms with van der Waals surface area (Å²) >= 11 is 3.25. The fraction of sp³-hybridized carbons (Fsp3) is 0.500. The minimum atomic E-state index is -0.182. The lowest BCUT2D eigenvalue weighted by atomic mass is 9.95. The molecule has 4 heterocycles. The zero-order valence-electron chi connectivity index (χ0n) is 18.5. The highest BCUT2D eigenvalue weighted by molar-refractivity contribution is 7.10. The fourth-order valence-corrected chi connectivity index (χ4v) is 6.64. The number of amides is 2. The number of rotatable bonds is 6. The average Bonchev–Trinajstić information content (AvgIpc) is 3.23. The molecule has 3 aromatic heterocycles. The van der Waals surface area contributed by atoms with Crippen LogP contribution in [0.25, 0.3) is 0 Å². The van der Waals surface area contributed by atoms with E-state index >= 15 is 0 Å². The third-order valence-corrected chi connectivity index (χ3v) is 8.81. The van der Waals surface area contributed by atoms with Crippen molar-refractivity contribution in [3.05, 3.63) is 54.9 Å². The summed E-state index contributed by atoms with van der Waals surface area (Å²) < 4.78 is 2.04. The number of hydrogen-bond donors (Lipinski definition) is 1. The van der Waals surface area contributed by atoms with Crippen molar-refractivity contribution in [2.75, 3.05) is 6.54 Å². The van der Waals surface area contributed by atoms with Crippen molar-refractivity contribution >= 4 is 34.5 Å². The van der Waals surface area contributed by atoms with Gasteiger partial charge in [0.1, 0.15) is 5.01 Å². The van der Waals surface area contributed by atoms with Gasteiger partial charge in [-0.25, -0.2) is 4.98 Å². The van der Waals surface area contributed by atoms with Gasteiger partial charge in [-0.2, -0.15) is 5.10 Å². The van der Waals surface area contributed by atoms with Gasteiger partial charge in [0.05, 0.1) is 18.7 Å². The van der Waals surface area contributed by atoms with Crippen LogP contribution in [0.3, 0.4) is 0 Å². The van der Waals surface area contributed by atoms with Crippen LogP contribution in [-0.2, 0) is 38.9 Å². The Balaban J connectivity index is 1.26. The van der Waals surface area contributed by atoms with E-state index in [4.69, 9.17) is 5.10 Å². The first-order valence-electron chi connectivity index (χ1n) is 11.8. The molecule has 2 aliphatic carbocycles. The number of aryl methyl sites for hydroxylation is 1. The lowest BCUT2D eigenvalue weighted by Crippen LogP contribution is -2.37. The summed E-state index contributed by atoms with van der Waals surface area (Å²) in [6.45, 7) is 2.38. The standard InChI is InChI=1S/C24H27N5O2S2/c30-23(26-11-21-25-8-10-32-21)22-17-13-28(9-7-19(17)29(27-22)12-15-5-6-15)24(31)18-14-33-20-4-2-1-3-16(18)20/h8,10,14-15H,1-7,9,11-13H2,(H,26,30). The number of hydrogen-bond acceptors (Lipinski definition) is 6. The van der Waals surface area contributed by atoms with Gasteiger partial charge in [0.25, 0.3) is 11.8 Å². The Morgan fingerprint density at radius 1 is 1.12 bits per heavy atom. The smallest absolute Gasteiger partial charge is 0.272 e. The van der Waals surface area contributed by atoms with Crippen molar-refractivity contribution in [3.63, 3.8) is 0 Å². The third kappa shape index (κ3) is 4.12. The molecule has 0 atom stereocenters. The second-order valence-corrected chi connectivity index (χ2v) is 11.2. The molecule has 3 aromatic rings.